The molecule has 0 heterocycles. The maximum absolute atomic E-state index is 11.8. The van der Waals surface area contributed by atoms with Crippen molar-refractivity contribution in [3.63, 3.8) is 0 Å². The zero-order valence-corrected chi connectivity index (χ0v) is 22.2. The van der Waals surface area contributed by atoms with E-state index in [0.29, 0.717) is 36.5 Å². The molecule has 7 heteroatoms. The SMILES string of the molecule is C=C(C)C(=O)OCCOc1ccc(-c2ccc(CCCOC(=O)C(=C)COC)cc2OCCCC)cc1. The van der Waals surface area contributed by atoms with Crippen LogP contribution in [0.1, 0.15) is 38.7 Å². The quantitative estimate of drug-likeness (QED) is 0.153. The first-order valence-electron chi connectivity index (χ1n) is 12.5. The third-order valence-corrected chi connectivity index (χ3v) is 5.35. The predicted molar refractivity (Wildman–Crippen MR) is 144 cm³/mol. The van der Waals surface area contributed by atoms with Gasteiger partial charge in [-0.2, -0.15) is 0 Å². The molecule has 2 rings (SSSR count). The molecule has 0 atom stereocenters. The van der Waals surface area contributed by atoms with E-state index in [1.165, 1.54) is 7.11 Å². The van der Waals surface area contributed by atoms with Crippen LogP contribution in [0, 0.1) is 0 Å². The van der Waals surface area contributed by atoms with Crippen LogP contribution in [-0.2, 0) is 30.2 Å². The zero-order chi connectivity index (χ0) is 27.0. The average molecular weight is 511 g/mol. The van der Waals surface area contributed by atoms with Crippen molar-refractivity contribution in [3.8, 4) is 22.6 Å². The minimum atomic E-state index is -0.430. The number of carbonyl (C=O) groups is 2. The topological polar surface area (TPSA) is 80.3 Å². The summed E-state index contributed by atoms with van der Waals surface area (Å²) in [6, 6.07) is 13.9. The number of unbranched alkanes of at least 4 members (excludes halogenated alkanes) is 1. The minimum Gasteiger partial charge on any atom is -0.493 e. The molecule has 2 aromatic carbocycles. The lowest BCUT2D eigenvalue weighted by Gasteiger charge is -2.14. The van der Waals surface area contributed by atoms with Crippen LogP contribution in [0.5, 0.6) is 11.5 Å². The minimum absolute atomic E-state index is 0.158. The molecule has 0 saturated heterocycles. The molecule has 0 radical (unpaired) electrons. The summed E-state index contributed by atoms with van der Waals surface area (Å²) in [7, 11) is 1.51. The molecule has 200 valence electrons. The molecule has 0 saturated carbocycles. The van der Waals surface area contributed by atoms with E-state index in [1.54, 1.807) is 6.92 Å². The van der Waals surface area contributed by atoms with Crippen LogP contribution in [-0.4, -0.2) is 52.1 Å². The number of carbonyl (C=O) groups excluding carboxylic acids is 2. The maximum atomic E-state index is 11.8. The third-order valence-electron chi connectivity index (χ3n) is 5.35. The number of esters is 2. The van der Waals surface area contributed by atoms with Crippen LogP contribution in [0.25, 0.3) is 11.1 Å². The van der Waals surface area contributed by atoms with Gasteiger partial charge in [0, 0.05) is 18.2 Å². The number of rotatable bonds is 17. The van der Waals surface area contributed by atoms with E-state index in [9.17, 15) is 9.59 Å². The first kappa shape index (κ1) is 29.6. The summed E-state index contributed by atoms with van der Waals surface area (Å²) in [5.41, 5.74) is 3.76. The first-order valence-corrected chi connectivity index (χ1v) is 12.5. The Morgan fingerprint density at radius 1 is 0.838 bits per heavy atom. The van der Waals surface area contributed by atoms with E-state index >= 15 is 0 Å². The van der Waals surface area contributed by atoms with Gasteiger partial charge in [0.1, 0.15) is 24.7 Å². The summed E-state index contributed by atoms with van der Waals surface area (Å²) in [4.78, 5) is 23.3. The van der Waals surface area contributed by atoms with Crippen molar-refractivity contribution in [3.05, 3.63) is 72.3 Å². The van der Waals surface area contributed by atoms with Gasteiger partial charge < -0.3 is 23.7 Å². The van der Waals surface area contributed by atoms with Crippen LogP contribution in [0.15, 0.2) is 66.8 Å². The maximum Gasteiger partial charge on any atom is 0.335 e. The molecule has 0 unspecified atom stereocenters. The number of ether oxygens (including phenoxy) is 5. The van der Waals surface area contributed by atoms with Gasteiger partial charge in [0.15, 0.2) is 0 Å². The van der Waals surface area contributed by atoms with Crippen LogP contribution in [0.2, 0.25) is 0 Å². The lowest BCUT2D eigenvalue weighted by atomic mass is 10.0. The summed E-state index contributed by atoms with van der Waals surface area (Å²) >= 11 is 0. The molecule has 0 N–H and O–H groups in total. The summed E-state index contributed by atoms with van der Waals surface area (Å²) in [6.45, 7) is 12.5. The Morgan fingerprint density at radius 2 is 1.57 bits per heavy atom. The van der Waals surface area contributed by atoms with Gasteiger partial charge in [-0.25, -0.2) is 9.59 Å². The number of hydrogen-bond donors (Lipinski definition) is 0. The van der Waals surface area contributed by atoms with Crippen molar-refractivity contribution in [1.82, 2.24) is 0 Å². The Kier molecular flexibility index (Phi) is 13.0. The van der Waals surface area contributed by atoms with Gasteiger partial charge in [0.2, 0.25) is 0 Å². The van der Waals surface area contributed by atoms with Crippen molar-refractivity contribution < 1.29 is 33.3 Å². The second-order valence-electron chi connectivity index (χ2n) is 8.60. The fourth-order valence-corrected chi connectivity index (χ4v) is 3.33. The van der Waals surface area contributed by atoms with E-state index in [2.05, 4.69) is 38.3 Å². The van der Waals surface area contributed by atoms with Crippen LogP contribution < -0.4 is 9.47 Å². The molecule has 0 bridgehead atoms. The van der Waals surface area contributed by atoms with Crippen LogP contribution in [0.4, 0.5) is 0 Å². The van der Waals surface area contributed by atoms with E-state index in [0.717, 1.165) is 41.7 Å². The number of aryl methyl sites for hydroxylation is 1. The van der Waals surface area contributed by atoms with Gasteiger partial charge in [0.25, 0.3) is 0 Å². The summed E-state index contributed by atoms with van der Waals surface area (Å²) in [5.74, 6) is 0.646. The van der Waals surface area contributed by atoms with E-state index in [4.69, 9.17) is 23.7 Å². The molecule has 37 heavy (non-hydrogen) atoms. The summed E-state index contributed by atoms with van der Waals surface area (Å²) in [6.07, 6.45) is 3.45. The zero-order valence-electron chi connectivity index (χ0n) is 22.2. The second kappa shape index (κ2) is 16.2. The van der Waals surface area contributed by atoms with Gasteiger partial charge in [-0.1, -0.05) is 50.8 Å². The number of hydrogen-bond acceptors (Lipinski definition) is 7. The third kappa shape index (κ3) is 10.5. The standard InChI is InChI=1S/C30H38O7/c1-6-7-16-35-28-20-24(9-8-17-36-30(32)23(4)21-33-5)10-15-27(28)25-11-13-26(14-12-25)34-18-19-37-29(31)22(2)3/h10-15,20H,2,4,6-9,16-19,21H2,1,3,5H3. The highest BCUT2D eigenvalue weighted by molar-refractivity contribution is 5.88. The molecule has 0 aliphatic carbocycles. The summed E-state index contributed by atoms with van der Waals surface area (Å²) < 4.78 is 27.0. The number of benzene rings is 2. The number of methoxy groups -OCH3 is 1. The van der Waals surface area contributed by atoms with Crippen molar-refractivity contribution >= 4 is 11.9 Å². The molecule has 0 fully saturated rings. The normalized spacial score (nSPS) is 10.5. The Balaban J connectivity index is 1.99. The van der Waals surface area contributed by atoms with E-state index in [1.807, 2.05) is 24.3 Å². The molecule has 0 aromatic heterocycles. The van der Waals surface area contributed by atoms with Gasteiger partial charge in [-0.3, -0.25) is 0 Å². The van der Waals surface area contributed by atoms with Gasteiger partial charge in [-0.15, -0.1) is 0 Å². The largest absolute Gasteiger partial charge is 0.493 e. The fourth-order valence-electron chi connectivity index (χ4n) is 3.33. The van der Waals surface area contributed by atoms with Crippen molar-refractivity contribution in [2.75, 3.05) is 40.1 Å². The molecule has 2 aromatic rings. The monoisotopic (exact) mass is 510 g/mol. The van der Waals surface area contributed by atoms with Crippen molar-refractivity contribution in [2.45, 2.75) is 39.5 Å². The van der Waals surface area contributed by atoms with Gasteiger partial charge >= 0.3 is 11.9 Å². The molecule has 7 nitrogen and oxygen atoms in total. The molecule has 0 aliphatic rings. The van der Waals surface area contributed by atoms with Crippen molar-refractivity contribution in [2.24, 2.45) is 0 Å². The smallest absolute Gasteiger partial charge is 0.335 e. The van der Waals surface area contributed by atoms with Crippen molar-refractivity contribution in [1.29, 1.82) is 0 Å². The molecule has 0 spiro atoms. The highest BCUT2D eigenvalue weighted by atomic mass is 16.6. The molecular formula is C30H38O7. The predicted octanol–water partition coefficient (Wildman–Crippen LogP) is 5.71. The Labute approximate surface area is 220 Å². The van der Waals surface area contributed by atoms with Gasteiger partial charge in [-0.05, 0) is 55.5 Å². The lowest BCUT2D eigenvalue weighted by Crippen LogP contribution is -2.12. The molecule has 0 amide bonds. The lowest BCUT2D eigenvalue weighted by molar-refractivity contribution is -0.140. The van der Waals surface area contributed by atoms with Gasteiger partial charge in [0.05, 0.1) is 25.4 Å². The Morgan fingerprint density at radius 3 is 2.24 bits per heavy atom. The van der Waals surface area contributed by atoms with E-state index < -0.39 is 11.9 Å². The Hall–Kier alpha value is -3.58. The van der Waals surface area contributed by atoms with Crippen LogP contribution >= 0.6 is 0 Å². The van der Waals surface area contributed by atoms with Crippen LogP contribution in [0.3, 0.4) is 0 Å². The molecule has 0 aliphatic heterocycles. The second-order valence-corrected chi connectivity index (χ2v) is 8.60. The average Bonchev–Trinajstić information content (AvgIpc) is 2.89. The van der Waals surface area contributed by atoms with E-state index in [-0.39, 0.29) is 19.8 Å². The highest BCUT2D eigenvalue weighted by Gasteiger charge is 2.11. The highest BCUT2D eigenvalue weighted by Crippen LogP contribution is 2.33. The first-order chi connectivity index (χ1) is 17.8. The Bertz CT molecular complexity index is 1040. The molecular weight excluding hydrogens is 472 g/mol. The summed E-state index contributed by atoms with van der Waals surface area (Å²) in [5, 5.41) is 0. The fraction of sp³-hybridized carbons (Fsp3) is 0.400.